The van der Waals surface area contributed by atoms with E-state index < -0.39 is 0 Å². The minimum absolute atomic E-state index is 0.0440. The molecule has 1 aliphatic rings. The molecule has 1 unspecified atom stereocenters. The summed E-state index contributed by atoms with van der Waals surface area (Å²) in [6.45, 7) is 3.70. The monoisotopic (exact) mass is 262 g/mol. The van der Waals surface area contributed by atoms with E-state index in [0.29, 0.717) is 6.42 Å². The Hall–Kier alpha value is -1.39. The van der Waals surface area contributed by atoms with Gasteiger partial charge in [-0.25, -0.2) is 0 Å². The fourth-order valence-corrected chi connectivity index (χ4v) is 2.68. The van der Waals surface area contributed by atoms with Crippen LogP contribution < -0.4 is 4.90 Å². The number of para-hydroxylation sites is 1. The molecule has 0 bridgehead atoms. The highest BCUT2D eigenvalue weighted by Crippen LogP contribution is 2.24. The second kappa shape index (κ2) is 6.17. The number of rotatable bonds is 3. The number of likely N-dealkylation sites (N-methyl/N-ethyl adjacent to an activating group) is 1. The number of carbonyl (C=O) groups is 1. The summed E-state index contributed by atoms with van der Waals surface area (Å²) in [5, 5.41) is 9.16. The highest BCUT2D eigenvalue weighted by atomic mass is 16.3. The van der Waals surface area contributed by atoms with Crippen molar-refractivity contribution in [3.8, 4) is 0 Å². The molecule has 0 aliphatic carbocycles. The van der Waals surface area contributed by atoms with Crippen LogP contribution in [0, 0.1) is 6.92 Å². The fourth-order valence-electron chi connectivity index (χ4n) is 2.68. The van der Waals surface area contributed by atoms with Crippen molar-refractivity contribution in [2.45, 2.75) is 25.8 Å². The van der Waals surface area contributed by atoms with E-state index in [0.717, 1.165) is 30.8 Å². The van der Waals surface area contributed by atoms with Gasteiger partial charge in [0.1, 0.15) is 0 Å². The largest absolute Gasteiger partial charge is 0.396 e. The Labute approximate surface area is 114 Å². The van der Waals surface area contributed by atoms with Gasteiger partial charge in [0.2, 0.25) is 5.91 Å². The number of hydrogen-bond acceptors (Lipinski definition) is 3. The molecule has 0 aromatic heterocycles. The first-order valence-electron chi connectivity index (χ1n) is 6.83. The van der Waals surface area contributed by atoms with Crippen molar-refractivity contribution in [3.63, 3.8) is 0 Å². The summed E-state index contributed by atoms with van der Waals surface area (Å²) in [6.07, 6.45) is 1.45. The first-order chi connectivity index (χ1) is 9.15. The summed E-state index contributed by atoms with van der Waals surface area (Å²) in [7, 11) is 1.96. The Bertz CT molecular complexity index is 448. The van der Waals surface area contributed by atoms with Crippen LogP contribution in [0.25, 0.3) is 0 Å². The number of aliphatic hydroxyl groups excluding tert-OH is 1. The smallest absolute Gasteiger partial charge is 0.244 e. The number of aliphatic hydroxyl groups is 1. The van der Waals surface area contributed by atoms with E-state index in [2.05, 4.69) is 4.90 Å². The van der Waals surface area contributed by atoms with E-state index in [1.54, 1.807) is 0 Å². The average molecular weight is 262 g/mol. The Morgan fingerprint density at radius 3 is 2.74 bits per heavy atom. The molecule has 0 saturated carbocycles. The van der Waals surface area contributed by atoms with Crippen molar-refractivity contribution >= 4 is 11.6 Å². The average Bonchev–Trinajstić information content (AvgIpc) is 2.53. The molecule has 0 radical (unpaired) electrons. The molecule has 2 rings (SSSR count). The molecule has 0 spiro atoms. The standard InChI is InChI=1S/C15H22N2O2/c1-12-6-3-4-7-13(12)17-10-5-9-16(2)14(8-11-18)15(17)19/h3-4,6-7,14,18H,5,8-11H2,1-2H3. The zero-order chi connectivity index (χ0) is 13.8. The van der Waals surface area contributed by atoms with Gasteiger partial charge in [0.05, 0.1) is 6.04 Å². The second-order valence-corrected chi connectivity index (χ2v) is 5.14. The number of amides is 1. The van der Waals surface area contributed by atoms with E-state index in [-0.39, 0.29) is 18.6 Å². The quantitative estimate of drug-likeness (QED) is 0.896. The van der Waals surface area contributed by atoms with Crippen molar-refractivity contribution in [1.82, 2.24) is 4.90 Å². The second-order valence-electron chi connectivity index (χ2n) is 5.14. The summed E-state index contributed by atoms with van der Waals surface area (Å²) in [5.74, 6) is 0.100. The topological polar surface area (TPSA) is 43.8 Å². The maximum Gasteiger partial charge on any atom is 0.244 e. The molecule has 104 valence electrons. The first kappa shape index (κ1) is 14.0. The minimum Gasteiger partial charge on any atom is -0.396 e. The minimum atomic E-state index is -0.216. The third-order valence-corrected chi connectivity index (χ3v) is 3.78. The molecular formula is C15H22N2O2. The van der Waals surface area contributed by atoms with Crippen molar-refractivity contribution in [2.75, 3.05) is 31.6 Å². The summed E-state index contributed by atoms with van der Waals surface area (Å²) in [5.41, 5.74) is 2.11. The van der Waals surface area contributed by atoms with E-state index in [1.807, 2.05) is 43.1 Å². The molecule has 1 aliphatic heterocycles. The lowest BCUT2D eigenvalue weighted by atomic mass is 10.1. The molecule has 4 heteroatoms. The van der Waals surface area contributed by atoms with Crippen molar-refractivity contribution in [1.29, 1.82) is 0 Å². The van der Waals surface area contributed by atoms with E-state index in [4.69, 9.17) is 5.11 Å². The van der Waals surface area contributed by atoms with Gasteiger partial charge in [-0.15, -0.1) is 0 Å². The van der Waals surface area contributed by atoms with Gasteiger partial charge in [0.25, 0.3) is 0 Å². The van der Waals surface area contributed by atoms with Crippen LogP contribution >= 0.6 is 0 Å². The van der Waals surface area contributed by atoms with Crippen LogP contribution in [-0.4, -0.2) is 48.7 Å². The predicted molar refractivity (Wildman–Crippen MR) is 76.3 cm³/mol. The molecule has 1 amide bonds. The summed E-state index contributed by atoms with van der Waals surface area (Å²) in [4.78, 5) is 16.6. The number of carbonyl (C=O) groups excluding carboxylic acids is 1. The number of benzene rings is 1. The van der Waals surface area contributed by atoms with Gasteiger partial charge in [-0.2, -0.15) is 0 Å². The lowest BCUT2D eigenvalue weighted by Gasteiger charge is -2.28. The number of aryl methyl sites for hydroxylation is 1. The van der Waals surface area contributed by atoms with Gasteiger partial charge in [0.15, 0.2) is 0 Å². The van der Waals surface area contributed by atoms with Gasteiger partial charge < -0.3 is 10.0 Å². The Balaban J connectivity index is 2.30. The highest BCUT2D eigenvalue weighted by Gasteiger charge is 2.31. The molecule has 4 nitrogen and oxygen atoms in total. The van der Waals surface area contributed by atoms with E-state index >= 15 is 0 Å². The van der Waals surface area contributed by atoms with E-state index in [1.165, 1.54) is 0 Å². The fraction of sp³-hybridized carbons (Fsp3) is 0.533. The summed E-state index contributed by atoms with van der Waals surface area (Å²) < 4.78 is 0. The molecule has 19 heavy (non-hydrogen) atoms. The summed E-state index contributed by atoms with van der Waals surface area (Å²) >= 11 is 0. The number of anilines is 1. The lowest BCUT2D eigenvalue weighted by Crippen LogP contribution is -2.45. The SMILES string of the molecule is Cc1ccccc1N1CCCN(C)C(CCO)C1=O. The zero-order valence-corrected chi connectivity index (χ0v) is 11.7. The van der Waals surface area contributed by atoms with E-state index in [9.17, 15) is 4.79 Å². The van der Waals surface area contributed by atoms with Crippen LogP contribution in [-0.2, 0) is 4.79 Å². The molecule has 1 saturated heterocycles. The molecule has 1 atom stereocenters. The third kappa shape index (κ3) is 2.96. The van der Waals surface area contributed by atoms with Gasteiger partial charge in [0, 0.05) is 25.4 Å². The van der Waals surface area contributed by atoms with Crippen LogP contribution in [0.1, 0.15) is 18.4 Å². The maximum atomic E-state index is 12.7. The van der Waals surface area contributed by atoms with Crippen LogP contribution in [0.15, 0.2) is 24.3 Å². The molecule has 1 aromatic rings. The Kier molecular flexibility index (Phi) is 4.56. The summed E-state index contributed by atoms with van der Waals surface area (Å²) in [6, 6.07) is 7.75. The van der Waals surface area contributed by atoms with Crippen molar-refractivity contribution in [2.24, 2.45) is 0 Å². The molecule has 1 N–H and O–H groups in total. The van der Waals surface area contributed by atoms with Gasteiger partial charge in [-0.1, -0.05) is 18.2 Å². The Morgan fingerprint density at radius 2 is 2.05 bits per heavy atom. The van der Waals surface area contributed by atoms with Crippen LogP contribution in [0.2, 0.25) is 0 Å². The van der Waals surface area contributed by atoms with Gasteiger partial charge in [-0.3, -0.25) is 9.69 Å². The zero-order valence-electron chi connectivity index (χ0n) is 11.7. The number of hydrogen-bond donors (Lipinski definition) is 1. The molecule has 1 aromatic carbocycles. The van der Waals surface area contributed by atoms with Crippen LogP contribution in [0.3, 0.4) is 0 Å². The predicted octanol–water partition coefficient (Wildman–Crippen LogP) is 1.41. The normalized spacial score (nSPS) is 21.5. The highest BCUT2D eigenvalue weighted by molar-refractivity contribution is 5.98. The van der Waals surface area contributed by atoms with Gasteiger partial charge in [-0.05, 0) is 38.4 Å². The maximum absolute atomic E-state index is 12.7. The van der Waals surface area contributed by atoms with Crippen molar-refractivity contribution in [3.05, 3.63) is 29.8 Å². The molecule has 1 heterocycles. The molecular weight excluding hydrogens is 240 g/mol. The van der Waals surface area contributed by atoms with Crippen LogP contribution in [0.5, 0.6) is 0 Å². The molecule has 1 fully saturated rings. The third-order valence-electron chi connectivity index (χ3n) is 3.78. The van der Waals surface area contributed by atoms with Gasteiger partial charge >= 0.3 is 0 Å². The first-order valence-corrected chi connectivity index (χ1v) is 6.83. The lowest BCUT2D eigenvalue weighted by molar-refractivity contribution is -0.123. The van der Waals surface area contributed by atoms with Crippen LogP contribution in [0.4, 0.5) is 5.69 Å². The Morgan fingerprint density at radius 1 is 1.32 bits per heavy atom. The number of nitrogens with zero attached hydrogens (tertiary/aromatic N) is 2. The van der Waals surface area contributed by atoms with Crippen molar-refractivity contribution < 1.29 is 9.90 Å².